The number of aliphatic carboxylic acids is 1. The van der Waals surface area contributed by atoms with Crippen molar-refractivity contribution in [1.82, 2.24) is 0 Å². The van der Waals surface area contributed by atoms with E-state index < -0.39 is 5.97 Å². The summed E-state index contributed by atoms with van der Waals surface area (Å²) in [6.45, 7) is 4.64. The highest BCUT2D eigenvalue weighted by molar-refractivity contribution is 6.10. The number of ether oxygens (including phenoxy) is 1. The van der Waals surface area contributed by atoms with Crippen molar-refractivity contribution in [3.63, 3.8) is 0 Å². The topological polar surface area (TPSA) is 63.6 Å². The zero-order valence-electron chi connectivity index (χ0n) is 13.7. The predicted molar refractivity (Wildman–Crippen MR) is 93.3 cm³/mol. The molecule has 24 heavy (non-hydrogen) atoms. The van der Waals surface area contributed by atoms with Gasteiger partial charge in [0.2, 0.25) is 0 Å². The van der Waals surface area contributed by atoms with Gasteiger partial charge in [-0.05, 0) is 29.7 Å². The number of carboxylic acids is 1. The van der Waals surface area contributed by atoms with Gasteiger partial charge in [0.25, 0.3) is 0 Å². The maximum atomic E-state index is 12.7. The van der Waals surface area contributed by atoms with Crippen LogP contribution < -0.4 is 4.74 Å². The molecule has 124 valence electrons. The number of ketones is 1. The summed E-state index contributed by atoms with van der Waals surface area (Å²) >= 11 is 0. The summed E-state index contributed by atoms with van der Waals surface area (Å²) in [6, 6.07) is 14.0. The molecule has 0 saturated heterocycles. The summed E-state index contributed by atoms with van der Waals surface area (Å²) in [5, 5.41) is 8.63. The lowest BCUT2D eigenvalue weighted by atomic mass is 10.0. The Labute approximate surface area is 141 Å². The molecule has 0 atom stereocenters. The molecule has 1 N–H and O–H groups in total. The number of rotatable bonds is 7. The summed E-state index contributed by atoms with van der Waals surface area (Å²) in [5.41, 5.74) is 1.77. The number of carbonyl (C=O) groups is 2. The van der Waals surface area contributed by atoms with Crippen LogP contribution in [0.2, 0.25) is 0 Å². The van der Waals surface area contributed by atoms with Gasteiger partial charge in [-0.15, -0.1) is 0 Å². The maximum Gasteiger partial charge on any atom is 0.328 e. The van der Waals surface area contributed by atoms with Gasteiger partial charge in [-0.25, -0.2) is 4.79 Å². The Hall–Kier alpha value is -2.88. The molecule has 0 unspecified atom stereocenters. The Bertz CT molecular complexity index is 742. The molecule has 4 nitrogen and oxygen atoms in total. The van der Waals surface area contributed by atoms with E-state index in [1.165, 1.54) is 6.08 Å². The van der Waals surface area contributed by atoms with Crippen LogP contribution in [0.4, 0.5) is 0 Å². The van der Waals surface area contributed by atoms with Crippen molar-refractivity contribution in [3.05, 3.63) is 71.3 Å². The third-order valence-corrected chi connectivity index (χ3v) is 3.30. The zero-order valence-corrected chi connectivity index (χ0v) is 13.7. The van der Waals surface area contributed by atoms with Gasteiger partial charge in [-0.3, -0.25) is 4.79 Å². The van der Waals surface area contributed by atoms with E-state index in [1.807, 2.05) is 19.9 Å². The molecular formula is C20H20O4. The molecule has 0 spiro atoms. The zero-order chi connectivity index (χ0) is 17.5. The largest absolute Gasteiger partial charge is 0.493 e. The minimum Gasteiger partial charge on any atom is -0.493 e. The van der Waals surface area contributed by atoms with Crippen molar-refractivity contribution in [1.29, 1.82) is 0 Å². The van der Waals surface area contributed by atoms with E-state index in [4.69, 9.17) is 9.84 Å². The van der Waals surface area contributed by atoms with Crippen LogP contribution in [-0.2, 0) is 4.79 Å². The number of benzene rings is 2. The van der Waals surface area contributed by atoms with Crippen LogP contribution in [-0.4, -0.2) is 23.5 Å². The number of carboxylic acid groups (broad SMARTS) is 1. The molecular weight excluding hydrogens is 304 g/mol. The van der Waals surface area contributed by atoms with Crippen molar-refractivity contribution < 1.29 is 19.4 Å². The van der Waals surface area contributed by atoms with Crippen molar-refractivity contribution in [3.8, 4) is 5.75 Å². The Morgan fingerprint density at radius 1 is 1.08 bits per heavy atom. The number of hydrogen-bond acceptors (Lipinski definition) is 3. The van der Waals surface area contributed by atoms with E-state index in [2.05, 4.69) is 0 Å². The second kappa shape index (κ2) is 8.11. The molecule has 0 aliphatic rings. The molecule has 2 aromatic carbocycles. The van der Waals surface area contributed by atoms with Crippen LogP contribution in [0.15, 0.2) is 54.6 Å². The first-order valence-electron chi connectivity index (χ1n) is 7.75. The molecule has 0 aliphatic carbocycles. The van der Waals surface area contributed by atoms with Gasteiger partial charge in [-0.1, -0.05) is 50.2 Å². The van der Waals surface area contributed by atoms with Crippen molar-refractivity contribution in [2.75, 3.05) is 6.61 Å². The van der Waals surface area contributed by atoms with E-state index in [0.29, 0.717) is 29.4 Å². The van der Waals surface area contributed by atoms with Crippen molar-refractivity contribution in [2.45, 2.75) is 13.8 Å². The lowest BCUT2D eigenvalue weighted by Gasteiger charge is -2.12. The monoisotopic (exact) mass is 324 g/mol. The fraction of sp³-hybridized carbons (Fsp3) is 0.200. The van der Waals surface area contributed by atoms with Gasteiger partial charge >= 0.3 is 5.97 Å². The van der Waals surface area contributed by atoms with E-state index in [1.54, 1.807) is 42.5 Å². The quantitative estimate of drug-likeness (QED) is 0.616. The molecule has 0 aromatic heterocycles. The lowest BCUT2D eigenvalue weighted by Crippen LogP contribution is -2.09. The van der Waals surface area contributed by atoms with Crippen LogP contribution in [0.25, 0.3) is 6.08 Å². The third-order valence-electron chi connectivity index (χ3n) is 3.30. The SMILES string of the molecule is CC(C)COc1ccccc1C(=O)c1ccc(C=CC(=O)O)cc1. The molecule has 0 heterocycles. The second-order valence-corrected chi connectivity index (χ2v) is 5.82. The van der Waals surface area contributed by atoms with Gasteiger partial charge in [0.15, 0.2) is 5.78 Å². The highest BCUT2D eigenvalue weighted by atomic mass is 16.5. The average Bonchev–Trinajstić information content (AvgIpc) is 2.58. The summed E-state index contributed by atoms with van der Waals surface area (Å²) in [5.74, 6) is -0.186. The molecule has 0 amide bonds. The molecule has 0 bridgehead atoms. The Morgan fingerprint density at radius 3 is 2.38 bits per heavy atom. The summed E-state index contributed by atoms with van der Waals surface area (Å²) in [4.78, 5) is 23.2. The third kappa shape index (κ3) is 4.81. The molecule has 0 saturated carbocycles. The van der Waals surface area contributed by atoms with Crippen LogP contribution in [0.3, 0.4) is 0 Å². The van der Waals surface area contributed by atoms with Crippen LogP contribution in [0.1, 0.15) is 35.3 Å². The normalized spacial score (nSPS) is 11.0. The van der Waals surface area contributed by atoms with Gasteiger partial charge in [-0.2, -0.15) is 0 Å². The lowest BCUT2D eigenvalue weighted by molar-refractivity contribution is -0.131. The molecule has 4 heteroatoms. The number of carbonyl (C=O) groups excluding carboxylic acids is 1. The fourth-order valence-corrected chi connectivity index (χ4v) is 2.11. The van der Waals surface area contributed by atoms with E-state index in [0.717, 1.165) is 11.6 Å². The highest BCUT2D eigenvalue weighted by Crippen LogP contribution is 2.22. The first-order valence-corrected chi connectivity index (χ1v) is 7.75. The van der Waals surface area contributed by atoms with Gasteiger partial charge in [0.05, 0.1) is 12.2 Å². The summed E-state index contributed by atoms with van der Waals surface area (Å²) in [6.07, 6.45) is 2.54. The van der Waals surface area contributed by atoms with Gasteiger partial charge in [0, 0.05) is 11.6 Å². The van der Waals surface area contributed by atoms with E-state index in [-0.39, 0.29) is 5.78 Å². The van der Waals surface area contributed by atoms with Crippen molar-refractivity contribution in [2.24, 2.45) is 5.92 Å². The minimum atomic E-state index is -1.01. The summed E-state index contributed by atoms with van der Waals surface area (Å²) in [7, 11) is 0. The van der Waals surface area contributed by atoms with E-state index >= 15 is 0 Å². The number of para-hydroxylation sites is 1. The second-order valence-electron chi connectivity index (χ2n) is 5.82. The maximum absolute atomic E-state index is 12.7. The Balaban J connectivity index is 2.21. The van der Waals surface area contributed by atoms with Crippen molar-refractivity contribution >= 4 is 17.8 Å². The number of hydrogen-bond donors (Lipinski definition) is 1. The Morgan fingerprint density at radius 2 is 1.75 bits per heavy atom. The average molecular weight is 324 g/mol. The highest BCUT2D eigenvalue weighted by Gasteiger charge is 2.14. The van der Waals surface area contributed by atoms with Crippen LogP contribution in [0, 0.1) is 5.92 Å². The first kappa shape index (κ1) is 17.5. The van der Waals surface area contributed by atoms with E-state index in [9.17, 15) is 9.59 Å². The molecule has 0 aliphatic heterocycles. The Kier molecular flexibility index (Phi) is 5.90. The van der Waals surface area contributed by atoms with Crippen LogP contribution >= 0.6 is 0 Å². The molecule has 2 rings (SSSR count). The minimum absolute atomic E-state index is 0.122. The predicted octanol–water partition coefficient (Wildman–Crippen LogP) is 4.05. The fourth-order valence-electron chi connectivity index (χ4n) is 2.11. The van der Waals surface area contributed by atoms with Crippen LogP contribution in [0.5, 0.6) is 5.75 Å². The first-order chi connectivity index (χ1) is 11.5. The standard InChI is InChI=1S/C20H20O4/c1-14(2)13-24-18-6-4-3-5-17(18)20(23)16-10-7-15(8-11-16)9-12-19(21)22/h3-12,14H,13H2,1-2H3,(H,21,22). The summed E-state index contributed by atoms with van der Waals surface area (Å²) < 4.78 is 5.73. The molecule has 2 aromatic rings. The van der Waals surface area contributed by atoms with Gasteiger partial charge < -0.3 is 9.84 Å². The van der Waals surface area contributed by atoms with Gasteiger partial charge in [0.1, 0.15) is 5.75 Å². The smallest absolute Gasteiger partial charge is 0.328 e. The molecule has 0 fully saturated rings. The molecule has 0 radical (unpaired) electrons.